The lowest BCUT2D eigenvalue weighted by atomic mass is 10.0. The molecule has 0 bridgehead atoms. The highest BCUT2D eigenvalue weighted by Crippen LogP contribution is 2.32. The Kier molecular flexibility index (Phi) is 7.49. The Morgan fingerprint density at radius 1 is 1.11 bits per heavy atom. The smallest absolute Gasteiger partial charge is 0.243 e. The minimum absolute atomic E-state index is 0.0880. The summed E-state index contributed by atoms with van der Waals surface area (Å²) < 4.78 is 37.7. The third-order valence-electron chi connectivity index (χ3n) is 4.95. The molecule has 7 nitrogen and oxygen atoms in total. The minimum Gasteiger partial charge on any atom is -0.486 e. The van der Waals surface area contributed by atoms with E-state index >= 15 is 0 Å². The van der Waals surface area contributed by atoms with E-state index in [1.165, 1.54) is 19.2 Å². The maximum Gasteiger partial charge on any atom is 0.243 e. The van der Waals surface area contributed by atoms with E-state index in [1.54, 1.807) is 11.0 Å². The van der Waals surface area contributed by atoms with Crippen molar-refractivity contribution in [1.82, 2.24) is 9.21 Å². The van der Waals surface area contributed by atoms with Gasteiger partial charge in [0.25, 0.3) is 0 Å². The van der Waals surface area contributed by atoms with Gasteiger partial charge in [-0.05, 0) is 25.0 Å². The van der Waals surface area contributed by atoms with E-state index < -0.39 is 10.0 Å². The Morgan fingerprint density at radius 2 is 1.74 bits per heavy atom. The predicted molar refractivity (Wildman–Crippen MR) is 104 cm³/mol. The first-order chi connectivity index (χ1) is 12.8. The molecule has 0 saturated carbocycles. The van der Waals surface area contributed by atoms with Crippen LogP contribution in [0.15, 0.2) is 23.1 Å². The summed E-state index contributed by atoms with van der Waals surface area (Å²) in [5.74, 6) is 1.17. The summed E-state index contributed by atoms with van der Waals surface area (Å²) in [6.07, 6.45) is 1.98. The van der Waals surface area contributed by atoms with E-state index in [0.717, 1.165) is 17.1 Å². The normalized spacial score (nSPS) is 13.9. The van der Waals surface area contributed by atoms with E-state index in [0.29, 0.717) is 43.7 Å². The second-order valence-corrected chi connectivity index (χ2v) is 8.73. The third kappa shape index (κ3) is 5.13. The van der Waals surface area contributed by atoms with Crippen LogP contribution in [0, 0.1) is 5.92 Å². The summed E-state index contributed by atoms with van der Waals surface area (Å²) in [6, 6.07) is 4.51. The van der Waals surface area contributed by atoms with Crippen LogP contribution in [0.1, 0.15) is 33.6 Å². The molecule has 1 amide bonds. The highest BCUT2D eigenvalue weighted by molar-refractivity contribution is 7.89. The zero-order valence-electron chi connectivity index (χ0n) is 16.6. The molecule has 2 rings (SSSR count). The van der Waals surface area contributed by atoms with Crippen LogP contribution in [0.5, 0.6) is 11.5 Å². The van der Waals surface area contributed by atoms with Crippen LogP contribution in [0.25, 0.3) is 0 Å². The van der Waals surface area contributed by atoms with Crippen molar-refractivity contribution < 1.29 is 22.7 Å². The lowest BCUT2D eigenvalue weighted by Crippen LogP contribution is -2.42. The van der Waals surface area contributed by atoms with Gasteiger partial charge in [0.15, 0.2) is 11.5 Å². The fourth-order valence-corrected chi connectivity index (χ4v) is 4.14. The summed E-state index contributed by atoms with van der Waals surface area (Å²) in [6.45, 7) is 7.97. The van der Waals surface area contributed by atoms with Crippen LogP contribution < -0.4 is 9.47 Å². The van der Waals surface area contributed by atoms with E-state index in [1.807, 2.05) is 6.92 Å². The van der Waals surface area contributed by atoms with Crippen LogP contribution in [0.4, 0.5) is 0 Å². The Morgan fingerprint density at radius 3 is 2.33 bits per heavy atom. The highest BCUT2D eigenvalue weighted by Gasteiger charge is 2.27. The molecule has 0 radical (unpaired) electrons. The van der Waals surface area contributed by atoms with Gasteiger partial charge in [-0.25, -0.2) is 8.42 Å². The quantitative estimate of drug-likeness (QED) is 0.638. The van der Waals surface area contributed by atoms with Gasteiger partial charge in [-0.2, -0.15) is 4.31 Å². The van der Waals surface area contributed by atoms with Crippen LogP contribution in [-0.2, 0) is 14.8 Å². The number of likely N-dealkylation sites (N-methyl/N-ethyl adjacent to an activating group) is 2. The largest absolute Gasteiger partial charge is 0.486 e. The van der Waals surface area contributed by atoms with Crippen LogP contribution in [0.3, 0.4) is 0 Å². The van der Waals surface area contributed by atoms with Crippen molar-refractivity contribution in [2.75, 3.05) is 39.9 Å². The summed E-state index contributed by atoms with van der Waals surface area (Å²) in [4.78, 5) is 14.5. The summed E-state index contributed by atoms with van der Waals surface area (Å²) in [5.41, 5.74) is 0. The van der Waals surface area contributed by atoms with Crippen molar-refractivity contribution in [3.05, 3.63) is 18.2 Å². The molecule has 1 heterocycles. The standard InChI is InChI=1S/C19H30N2O5S/c1-5-15(6-2)13-21(7-3)19(22)14-20(4)27(23,24)16-8-9-17-18(12-16)26-11-10-25-17/h8-9,12,15H,5-7,10-11,13-14H2,1-4H3. The van der Waals surface area contributed by atoms with Crippen molar-refractivity contribution in [1.29, 1.82) is 0 Å². The molecule has 0 spiro atoms. The van der Waals surface area contributed by atoms with Gasteiger partial charge in [0, 0.05) is 26.2 Å². The Hall–Kier alpha value is -1.80. The summed E-state index contributed by atoms with van der Waals surface area (Å²) >= 11 is 0. The Balaban J connectivity index is 2.11. The first-order valence-electron chi connectivity index (χ1n) is 9.47. The number of hydrogen-bond acceptors (Lipinski definition) is 5. The molecule has 0 N–H and O–H groups in total. The molecule has 0 fully saturated rings. The number of carbonyl (C=O) groups is 1. The monoisotopic (exact) mass is 398 g/mol. The fourth-order valence-electron chi connectivity index (χ4n) is 3.01. The number of nitrogens with zero attached hydrogens (tertiary/aromatic N) is 2. The minimum atomic E-state index is -3.80. The maximum atomic E-state index is 12.9. The maximum absolute atomic E-state index is 12.9. The number of amides is 1. The number of rotatable bonds is 9. The van der Waals surface area contributed by atoms with Gasteiger partial charge in [0.1, 0.15) is 13.2 Å². The van der Waals surface area contributed by atoms with Gasteiger partial charge in [-0.15, -0.1) is 0 Å². The molecule has 1 aliphatic rings. The molecule has 0 aromatic heterocycles. The summed E-state index contributed by atoms with van der Waals surface area (Å²) in [7, 11) is -2.37. The van der Waals surface area contributed by atoms with Crippen molar-refractivity contribution in [3.8, 4) is 11.5 Å². The van der Waals surface area contributed by atoms with Gasteiger partial charge >= 0.3 is 0 Å². The zero-order valence-corrected chi connectivity index (χ0v) is 17.4. The topological polar surface area (TPSA) is 76.2 Å². The predicted octanol–water partition coefficient (Wildman–Crippen LogP) is 2.36. The molecule has 0 atom stereocenters. The number of fused-ring (bicyclic) bond motifs is 1. The fraction of sp³-hybridized carbons (Fsp3) is 0.632. The number of benzene rings is 1. The second kappa shape index (κ2) is 9.41. The molecule has 1 aromatic rings. The van der Waals surface area contributed by atoms with E-state index in [9.17, 15) is 13.2 Å². The zero-order chi connectivity index (χ0) is 20.0. The molecule has 0 saturated heterocycles. The van der Waals surface area contributed by atoms with Gasteiger partial charge < -0.3 is 14.4 Å². The number of hydrogen-bond donors (Lipinski definition) is 0. The average molecular weight is 399 g/mol. The Labute approximate surface area is 162 Å². The lowest BCUT2D eigenvalue weighted by molar-refractivity contribution is -0.131. The molecule has 1 aliphatic heterocycles. The first kappa shape index (κ1) is 21.5. The average Bonchev–Trinajstić information content (AvgIpc) is 2.68. The molecular formula is C19H30N2O5S. The van der Waals surface area contributed by atoms with Crippen LogP contribution >= 0.6 is 0 Å². The van der Waals surface area contributed by atoms with Crippen molar-refractivity contribution in [2.45, 2.75) is 38.5 Å². The third-order valence-corrected chi connectivity index (χ3v) is 6.75. The van der Waals surface area contributed by atoms with E-state index in [2.05, 4.69) is 13.8 Å². The number of sulfonamides is 1. The van der Waals surface area contributed by atoms with Crippen LogP contribution in [-0.4, -0.2) is 63.4 Å². The van der Waals surface area contributed by atoms with Gasteiger partial charge in [0.2, 0.25) is 15.9 Å². The molecule has 1 aromatic carbocycles. The first-order valence-corrected chi connectivity index (χ1v) is 10.9. The van der Waals surface area contributed by atoms with Crippen molar-refractivity contribution in [2.24, 2.45) is 5.92 Å². The van der Waals surface area contributed by atoms with Crippen molar-refractivity contribution >= 4 is 15.9 Å². The summed E-state index contributed by atoms with van der Waals surface area (Å²) in [5, 5.41) is 0. The molecule has 152 valence electrons. The SMILES string of the molecule is CCC(CC)CN(CC)C(=O)CN(C)S(=O)(=O)c1ccc2c(c1)OCCO2. The van der Waals surface area contributed by atoms with E-state index in [4.69, 9.17) is 9.47 Å². The molecule has 8 heteroatoms. The molecule has 27 heavy (non-hydrogen) atoms. The van der Waals surface area contributed by atoms with Gasteiger partial charge in [-0.3, -0.25) is 4.79 Å². The number of ether oxygens (including phenoxy) is 2. The van der Waals surface area contributed by atoms with E-state index in [-0.39, 0.29) is 17.3 Å². The molecular weight excluding hydrogens is 368 g/mol. The Bertz CT molecular complexity index is 746. The van der Waals surface area contributed by atoms with Gasteiger partial charge in [0.05, 0.1) is 11.4 Å². The van der Waals surface area contributed by atoms with Crippen LogP contribution in [0.2, 0.25) is 0 Å². The second-order valence-electron chi connectivity index (χ2n) is 6.68. The van der Waals surface area contributed by atoms with Crippen molar-refractivity contribution in [3.63, 3.8) is 0 Å². The molecule has 0 aliphatic carbocycles. The molecule has 0 unspecified atom stereocenters. The number of carbonyl (C=O) groups excluding carboxylic acids is 1. The highest BCUT2D eigenvalue weighted by atomic mass is 32.2. The van der Waals surface area contributed by atoms with Gasteiger partial charge in [-0.1, -0.05) is 26.7 Å². The lowest BCUT2D eigenvalue weighted by Gasteiger charge is -2.27.